The molecule has 2 aromatic rings. The van der Waals surface area contributed by atoms with E-state index >= 15 is 0 Å². The van der Waals surface area contributed by atoms with Gasteiger partial charge in [0.25, 0.3) is 0 Å². The number of halogens is 2. The molecule has 0 heterocycles. The summed E-state index contributed by atoms with van der Waals surface area (Å²) >= 11 is 6.90. The van der Waals surface area contributed by atoms with Gasteiger partial charge < -0.3 is 0 Å². The fourth-order valence-electron chi connectivity index (χ4n) is 1.38. The van der Waals surface area contributed by atoms with Crippen molar-refractivity contribution in [3.05, 3.63) is 68.6 Å². The van der Waals surface area contributed by atoms with E-state index in [0.29, 0.717) is 0 Å². The van der Waals surface area contributed by atoms with Crippen LogP contribution in [-0.4, -0.2) is 0 Å². The molecule has 0 aromatic heterocycles. The highest BCUT2D eigenvalue weighted by Gasteiger charge is 1.97. The lowest BCUT2D eigenvalue weighted by atomic mass is 10.2. The molecule has 0 bridgehead atoms. The molecule has 4 heteroatoms. The van der Waals surface area contributed by atoms with Gasteiger partial charge in [0, 0.05) is 20.5 Å². The first-order valence-corrected chi connectivity index (χ1v) is 9.55. The van der Waals surface area contributed by atoms with Crippen molar-refractivity contribution in [3.63, 3.8) is 0 Å². The van der Waals surface area contributed by atoms with Crippen LogP contribution < -0.4 is 0 Å². The Morgan fingerprint density at radius 1 is 0.611 bits per heavy atom. The molecular formula is C14H12Br2S2. The van der Waals surface area contributed by atoms with E-state index in [-0.39, 0.29) is 0 Å². The van der Waals surface area contributed by atoms with Crippen molar-refractivity contribution in [2.45, 2.75) is 11.5 Å². The zero-order valence-electron chi connectivity index (χ0n) is 9.61. The molecule has 0 saturated carbocycles. The third kappa shape index (κ3) is 5.00. The summed E-state index contributed by atoms with van der Waals surface area (Å²) in [6, 6.07) is 17.0. The molecule has 0 spiro atoms. The van der Waals surface area contributed by atoms with Crippen LogP contribution in [0.2, 0.25) is 0 Å². The monoisotopic (exact) mass is 402 g/mol. The second-order valence-electron chi connectivity index (χ2n) is 3.78. The van der Waals surface area contributed by atoms with Crippen molar-refractivity contribution < 1.29 is 0 Å². The summed E-state index contributed by atoms with van der Waals surface area (Å²) in [5, 5.41) is 0. The normalized spacial score (nSPS) is 10.6. The number of rotatable bonds is 5. The molecule has 18 heavy (non-hydrogen) atoms. The van der Waals surface area contributed by atoms with Gasteiger partial charge in [-0.2, -0.15) is 0 Å². The minimum Gasteiger partial charge on any atom is -0.0890 e. The van der Waals surface area contributed by atoms with Crippen LogP contribution in [-0.2, 0) is 11.5 Å². The van der Waals surface area contributed by atoms with E-state index in [1.54, 1.807) is 0 Å². The van der Waals surface area contributed by atoms with Crippen LogP contribution in [0.15, 0.2) is 57.5 Å². The summed E-state index contributed by atoms with van der Waals surface area (Å²) in [4.78, 5) is 0. The third-order valence-corrected chi connectivity index (χ3v) is 5.69. The molecule has 2 rings (SSSR count). The van der Waals surface area contributed by atoms with E-state index in [2.05, 4.69) is 80.4 Å². The molecule has 94 valence electrons. The summed E-state index contributed by atoms with van der Waals surface area (Å²) in [6.07, 6.45) is 0. The van der Waals surface area contributed by atoms with Gasteiger partial charge in [0.2, 0.25) is 0 Å². The number of hydrogen-bond donors (Lipinski definition) is 0. The van der Waals surface area contributed by atoms with Crippen molar-refractivity contribution in [1.82, 2.24) is 0 Å². The van der Waals surface area contributed by atoms with Gasteiger partial charge in [0.1, 0.15) is 0 Å². The summed E-state index contributed by atoms with van der Waals surface area (Å²) in [7, 11) is 3.80. The molecule has 0 atom stereocenters. The molecule has 0 N–H and O–H groups in total. The Bertz CT molecular complexity index is 433. The Morgan fingerprint density at radius 2 is 0.944 bits per heavy atom. The van der Waals surface area contributed by atoms with Crippen molar-refractivity contribution >= 4 is 53.4 Å². The first-order chi connectivity index (χ1) is 8.74. The van der Waals surface area contributed by atoms with Crippen LogP contribution in [0.5, 0.6) is 0 Å². The predicted octanol–water partition coefficient (Wildman–Crippen LogP) is 6.29. The van der Waals surface area contributed by atoms with Gasteiger partial charge in [-0.25, -0.2) is 0 Å². The van der Waals surface area contributed by atoms with Crippen molar-refractivity contribution in [2.75, 3.05) is 0 Å². The molecule has 2 aromatic carbocycles. The summed E-state index contributed by atoms with van der Waals surface area (Å²) in [5.74, 6) is 2.10. The zero-order valence-corrected chi connectivity index (χ0v) is 14.4. The Labute approximate surface area is 133 Å². The van der Waals surface area contributed by atoms with E-state index in [1.165, 1.54) is 11.1 Å². The maximum Gasteiger partial charge on any atom is 0.0288 e. The molecule has 0 radical (unpaired) electrons. The molecular weight excluding hydrogens is 392 g/mol. The summed E-state index contributed by atoms with van der Waals surface area (Å²) in [5.41, 5.74) is 2.73. The molecule has 0 aliphatic carbocycles. The quantitative estimate of drug-likeness (QED) is 0.424. The lowest BCUT2D eigenvalue weighted by Crippen LogP contribution is -1.79. The molecule has 0 unspecified atom stereocenters. The molecule has 0 saturated heterocycles. The first kappa shape index (κ1) is 14.5. The fraction of sp³-hybridized carbons (Fsp3) is 0.143. The van der Waals surface area contributed by atoms with Crippen molar-refractivity contribution in [3.8, 4) is 0 Å². The minimum atomic E-state index is 1.05. The van der Waals surface area contributed by atoms with E-state index in [1.807, 2.05) is 21.6 Å². The van der Waals surface area contributed by atoms with Crippen LogP contribution in [0.1, 0.15) is 11.1 Å². The smallest absolute Gasteiger partial charge is 0.0288 e. The number of hydrogen-bond acceptors (Lipinski definition) is 2. The lowest BCUT2D eigenvalue weighted by Gasteiger charge is -2.02. The standard InChI is InChI=1S/C14H12Br2S2/c15-13-5-1-11(2-6-13)9-17-18-10-12-3-7-14(16)8-4-12/h1-8H,9-10H2. The first-order valence-electron chi connectivity index (χ1n) is 5.47. The van der Waals surface area contributed by atoms with Gasteiger partial charge in [0.15, 0.2) is 0 Å². The van der Waals surface area contributed by atoms with E-state index in [0.717, 1.165) is 20.5 Å². The SMILES string of the molecule is Brc1ccc(CSSCc2ccc(Br)cc2)cc1. The maximum absolute atomic E-state index is 3.45. The molecule has 0 nitrogen and oxygen atoms in total. The van der Waals surface area contributed by atoms with Gasteiger partial charge in [-0.3, -0.25) is 0 Å². The summed E-state index contributed by atoms with van der Waals surface area (Å²) < 4.78 is 2.28. The van der Waals surface area contributed by atoms with Crippen molar-refractivity contribution in [2.24, 2.45) is 0 Å². The Balaban J connectivity index is 1.73. The minimum absolute atomic E-state index is 1.05. The number of benzene rings is 2. The van der Waals surface area contributed by atoms with Crippen LogP contribution >= 0.6 is 53.4 Å². The molecule has 0 aliphatic heterocycles. The fourth-order valence-corrected chi connectivity index (χ4v) is 4.05. The highest BCUT2D eigenvalue weighted by atomic mass is 79.9. The highest BCUT2D eigenvalue weighted by molar-refractivity contribution is 9.10. The van der Waals surface area contributed by atoms with Gasteiger partial charge >= 0.3 is 0 Å². The molecule has 0 fully saturated rings. The van der Waals surface area contributed by atoms with E-state index in [4.69, 9.17) is 0 Å². The van der Waals surface area contributed by atoms with E-state index in [9.17, 15) is 0 Å². The van der Waals surface area contributed by atoms with E-state index < -0.39 is 0 Å². The average molecular weight is 404 g/mol. The van der Waals surface area contributed by atoms with Crippen molar-refractivity contribution in [1.29, 1.82) is 0 Å². The third-order valence-electron chi connectivity index (χ3n) is 2.36. The van der Waals surface area contributed by atoms with Crippen LogP contribution in [0.3, 0.4) is 0 Å². The Hall–Kier alpha value is 0.1000. The maximum atomic E-state index is 3.45. The van der Waals surface area contributed by atoms with Crippen LogP contribution in [0, 0.1) is 0 Å². The van der Waals surface area contributed by atoms with Crippen LogP contribution in [0.4, 0.5) is 0 Å². The Kier molecular flexibility index (Phi) is 6.15. The predicted molar refractivity (Wildman–Crippen MR) is 90.9 cm³/mol. The van der Waals surface area contributed by atoms with Gasteiger partial charge in [-0.05, 0) is 35.4 Å². The second-order valence-corrected chi connectivity index (χ2v) is 8.07. The Morgan fingerprint density at radius 3 is 1.28 bits per heavy atom. The molecule has 0 amide bonds. The highest BCUT2D eigenvalue weighted by Crippen LogP contribution is 2.30. The largest absolute Gasteiger partial charge is 0.0890 e. The lowest BCUT2D eigenvalue weighted by molar-refractivity contribution is 1.41. The second kappa shape index (κ2) is 7.63. The van der Waals surface area contributed by atoms with Crippen LogP contribution in [0.25, 0.3) is 0 Å². The van der Waals surface area contributed by atoms with Gasteiger partial charge in [-0.1, -0.05) is 77.7 Å². The summed E-state index contributed by atoms with van der Waals surface area (Å²) in [6.45, 7) is 0. The zero-order chi connectivity index (χ0) is 12.8. The average Bonchev–Trinajstić information content (AvgIpc) is 2.39. The van der Waals surface area contributed by atoms with Gasteiger partial charge in [0.05, 0.1) is 0 Å². The van der Waals surface area contributed by atoms with Gasteiger partial charge in [-0.15, -0.1) is 0 Å². The topological polar surface area (TPSA) is 0 Å². The molecule has 0 aliphatic rings.